The minimum atomic E-state index is 0.431. The van der Waals surface area contributed by atoms with Crippen LogP contribution in [0.1, 0.15) is 6.92 Å². The van der Waals surface area contributed by atoms with Crippen LogP contribution < -0.4 is 9.47 Å². The van der Waals surface area contributed by atoms with Gasteiger partial charge in [0, 0.05) is 0 Å². The third kappa shape index (κ3) is 3.79. The molecule has 2 aromatic rings. The van der Waals surface area contributed by atoms with Crippen molar-refractivity contribution in [3.05, 3.63) is 23.1 Å². The molecule has 1 aromatic heterocycles. The summed E-state index contributed by atoms with van der Waals surface area (Å²) in [6.07, 6.45) is 0. The van der Waals surface area contributed by atoms with Crippen molar-refractivity contribution in [1.29, 1.82) is 0 Å². The number of hydrogen-bond acceptors (Lipinski definition) is 4. The average molecular weight is 315 g/mol. The van der Waals surface area contributed by atoms with E-state index in [9.17, 15) is 4.79 Å². The Morgan fingerprint density at radius 2 is 1.89 bits per heavy atom. The molecule has 5 heteroatoms. The van der Waals surface area contributed by atoms with E-state index >= 15 is 0 Å². The van der Waals surface area contributed by atoms with Crippen molar-refractivity contribution in [3.63, 3.8) is 0 Å². The van der Waals surface area contributed by atoms with Crippen molar-refractivity contribution < 1.29 is 19.0 Å². The van der Waals surface area contributed by atoms with Crippen LogP contribution in [-0.2, 0) is 9.53 Å². The molecule has 0 amide bonds. The summed E-state index contributed by atoms with van der Waals surface area (Å²) < 4.78 is 15.9. The molecular weight excluding hydrogens is 299 g/mol. The van der Waals surface area contributed by atoms with Crippen LogP contribution in [0.5, 0.6) is 11.5 Å². The Hall–Kier alpha value is -1.45. The Bertz CT molecular complexity index is 455. The molecule has 0 aliphatic carbocycles. The first kappa shape index (κ1) is 14.6. The Morgan fingerprint density at radius 3 is 2.39 bits per heavy atom. The number of rotatable bonds is 4. The fraction of sp³-hybridized carbons (Fsp3) is 0.308. The van der Waals surface area contributed by atoms with Crippen molar-refractivity contribution in [3.8, 4) is 11.5 Å². The average Bonchev–Trinajstić information content (AvgIpc) is 2.85. The summed E-state index contributed by atoms with van der Waals surface area (Å²) in [5, 5.41) is 1.26. The summed E-state index contributed by atoms with van der Waals surface area (Å²) in [4.78, 5) is 11.4. The molecule has 0 saturated carbocycles. The second kappa shape index (κ2) is 7.79. The number of ether oxygens (including phenoxy) is 3. The zero-order valence-corrected chi connectivity index (χ0v) is 12.3. The summed E-state index contributed by atoms with van der Waals surface area (Å²) in [6.45, 7) is 2.66. The molecule has 0 fully saturated rings. The summed E-state index contributed by atoms with van der Waals surface area (Å²) >= 11 is 0.467. The fourth-order valence-corrected chi connectivity index (χ4v) is 3.03. The van der Waals surface area contributed by atoms with Gasteiger partial charge in [-0.1, -0.05) is 0 Å². The molecule has 1 heterocycles. The molecule has 0 bridgehead atoms. The van der Waals surface area contributed by atoms with Crippen molar-refractivity contribution in [1.82, 2.24) is 0 Å². The van der Waals surface area contributed by atoms with E-state index in [4.69, 9.17) is 9.47 Å². The Balaban J connectivity index is 0.000000280. The molecule has 2 rings (SSSR count). The van der Waals surface area contributed by atoms with Gasteiger partial charge in [-0.15, -0.1) is 0 Å². The predicted octanol–water partition coefficient (Wildman–Crippen LogP) is 2.09. The zero-order valence-electron chi connectivity index (χ0n) is 10.6. The fourth-order valence-electron chi connectivity index (χ4n) is 1.36. The van der Waals surface area contributed by atoms with Gasteiger partial charge in [-0.25, -0.2) is 0 Å². The maximum atomic E-state index is 9.18. The number of benzene rings is 1. The van der Waals surface area contributed by atoms with Crippen LogP contribution in [-0.4, -0.2) is 41.8 Å². The van der Waals surface area contributed by atoms with Crippen LogP contribution in [0.25, 0.3) is 9.65 Å². The number of carbonyl (C=O) groups excluding carboxylic acids is 1. The van der Waals surface area contributed by atoms with E-state index in [1.165, 1.54) is 9.65 Å². The van der Waals surface area contributed by atoms with Gasteiger partial charge >= 0.3 is 82.5 Å². The van der Waals surface area contributed by atoms with Gasteiger partial charge in [0.25, 0.3) is 6.47 Å². The number of fused-ring (bicyclic) bond motifs is 1. The first-order valence-electron chi connectivity index (χ1n) is 5.41. The molecule has 98 valence electrons. The third-order valence-corrected chi connectivity index (χ3v) is 4.04. The van der Waals surface area contributed by atoms with Gasteiger partial charge in [-0.2, -0.15) is 0 Å². The third-order valence-electron chi connectivity index (χ3n) is 2.19. The molecule has 18 heavy (non-hydrogen) atoms. The van der Waals surface area contributed by atoms with E-state index in [0.717, 1.165) is 11.5 Å². The van der Waals surface area contributed by atoms with Gasteiger partial charge in [0.05, 0.1) is 6.61 Å². The van der Waals surface area contributed by atoms with Crippen molar-refractivity contribution >= 4 is 30.6 Å². The summed E-state index contributed by atoms with van der Waals surface area (Å²) in [5.41, 5.74) is 0. The van der Waals surface area contributed by atoms with Crippen LogP contribution in [0.4, 0.5) is 0 Å². The van der Waals surface area contributed by atoms with E-state index in [1.807, 2.05) is 6.07 Å². The molecule has 1 aromatic carbocycles. The topological polar surface area (TPSA) is 44.8 Å². The van der Waals surface area contributed by atoms with Gasteiger partial charge in [-0.3, -0.25) is 4.79 Å². The van der Waals surface area contributed by atoms with Gasteiger partial charge in [0.1, 0.15) is 0 Å². The molecule has 0 aliphatic heterocycles. The van der Waals surface area contributed by atoms with Crippen LogP contribution in [0, 0.1) is 0 Å². The van der Waals surface area contributed by atoms with Gasteiger partial charge in [0.15, 0.2) is 0 Å². The molecular formula is C13H16O4Se. The molecule has 0 unspecified atom stereocenters. The van der Waals surface area contributed by atoms with Crippen LogP contribution in [0.2, 0.25) is 0 Å². The second-order valence-corrected chi connectivity index (χ2v) is 5.21. The van der Waals surface area contributed by atoms with E-state index in [-0.39, 0.29) is 0 Å². The van der Waals surface area contributed by atoms with Gasteiger partial charge in [-0.05, 0) is 6.92 Å². The normalized spacial score (nSPS) is 9.28. The molecule has 4 nitrogen and oxygen atoms in total. The molecule has 0 spiro atoms. The van der Waals surface area contributed by atoms with Crippen molar-refractivity contribution in [2.24, 2.45) is 0 Å². The molecule has 0 saturated heterocycles. The Labute approximate surface area is 112 Å². The summed E-state index contributed by atoms with van der Waals surface area (Å²) in [7, 11) is 3.33. The van der Waals surface area contributed by atoms with Crippen molar-refractivity contribution in [2.75, 3.05) is 20.8 Å². The van der Waals surface area contributed by atoms with E-state index in [0.29, 0.717) is 27.6 Å². The van der Waals surface area contributed by atoms with E-state index < -0.39 is 0 Å². The van der Waals surface area contributed by atoms with Crippen LogP contribution >= 0.6 is 0 Å². The van der Waals surface area contributed by atoms with Crippen LogP contribution in [0.15, 0.2) is 23.1 Å². The molecule has 0 radical (unpaired) electrons. The van der Waals surface area contributed by atoms with Crippen LogP contribution in [0.3, 0.4) is 0 Å². The second-order valence-electron chi connectivity index (χ2n) is 3.22. The Kier molecular flexibility index (Phi) is 6.33. The predicted molar refractivity (Wildman–Crippen MR) is 71.7 cm³/mol. The maximum absolute atomic E-state index is 9.18. The van der Waals surface area contributed by atoms with Gasteiger partial charge < -0.3 is 4.74 Å². The number of carbonyl (C=O) groups is 1. The van der Waals surface area contributed by atoms with E-state index in [2.05, 4.69) is 21.8 Å². The summed E-state index contributed by atoms with van der Waals surface area (Å²) in [6, 6.07) is 6.23. The SMILES string of the molecule is CCOC=O.COc1cc2cc[se]c2cc1OC. The number of hydrogen-bond donors (Lipinski definition) is 0. The zero-order chi connectivity index (χ0) is 13.4. The van der Waals surface area contributed by atoms with E-state index in [1.54, 1.807) is 21.1 Å². The molecule has 0 N–H and O–H groups in total. The quantitative estimate of drug-likeness (QED) is 0.640. The number of methoxy groups -OCH3 is 2. The Morgan fingerprint density at radius 1 is 1.22 bits per heavy atom. The molecule has 0 aliphatic rings. The summed E-state index contributed by atoms with van der Waals surface area (Å²) in [5.74, 6) is 1.63. The molecule has 0 atom stereocenters. The first-order chi connectivity index (χ1) is 8.76. The van der Waals surface area contributed by atoms with Gasteiger partial charge in [0.2, 0.25) is 0 Å². The van der Waals surface area contributed by atoms with Crippen molar-refractivity contribution in [2.45, 2.75) is 6.92 Å². The monoisotopic (exact) mass is 316 g/mol. The first-order valence-corrected chi connectivity index (χ1v) is 7.25. The standard InChI is InChI=1S/C10H10O2Se.C3H6O2/c1-11-8-5-7-3-4-13-10(7)6-9(8)12-2;1-2-5-3-4/h3-6H,1-2H3;3H,2H2,1H3. The minimum absolute atomic E-state index is 0.431.